The maximum atomic E-state index is 16.2. The first-order valence-corrected chi connectivity index (χ1v) is 21.0. The fourth-order valence-electron chi connectivity index (χ4n) is 8.11. The number of fused-ring (bicyclic) bond motifs is 7. The molecule has 0 saturated heterocycles. The molecule has 9 rings (SSSR count). The van der Waals surface area contributed by atoms with Crippen molar-refractivity contribution in [1.82, 2.24) is 4.57 Å². The standard InChI is InChI=1S/C37H23BF4I2N2/c39-43(40)45-44(41,42)31-23-22-27-26-16-7-10-20-32(26)46-33-21-11-18-29-34(33)38(35(31)36(27)46)30-19-9-8-17-28(30)37(29,24-12-3-1-4-13-24)25-14-5-2-6-15-25/h1-23H. The van der Waals surface area contributed by atoms with Crippen LogP contribution in [0, 0.1) is 3.57 Å². The average molecular weight is 836 g/mol. The van der Waals surface area contributed by atoms with Crippen molar-refractivity contribution in [2.75, 3.05) is 0 Å². The summed E-state index contributed by atoms with van der Waals surface area (Å²) in [7, 11) is 0. The molecule has 0 amide bonds. The van der Waals surface area contributed by atoms with Gasteiger partial charge in [0.1, 0.15) is 0 Å². The Labute approximate surface area is 277 Å². The molecule has 3 heterocycles. The van der Waals surface area contributed by atoms with Gasteiger partial charge in [-0.25, -0.2) is 0 Å². The predicted molar refractivity (Wildman–Crippen MR) is 197 cm³/mol. The monoisotopic (exact) mass is 836 g/mol. The first-order chi connectivity index (χ1) is 22.4. The van der Waals surface area contributed by atoms with E-state index in [-0.39, 0.29) is 3.57 Å². The van der Waals surface area contributed by atoms with E-state index in [1.807, 2.05) is 78.9 Å². The Kier molecular flexibility index (Phi) is 6.38. The molecule has 226 valence electrons. The molecule has 6 aromatic carbocycles. The third-order valence-corrected chi connectivity index (χ3v) is 17.6. The number of rotatable bonds is 4. The Bertz CT molecular complexity index is 2370. The van der Waals surface area contributed by atoms with Gasteiger partial charge in [-0.15, -0.1) is 0 Å². The summed E-state index contributed by atoms with van der Waals surface area (Å²) in [5.74, 6) is 0. The number of halogens is 6. The summed E-state index contributed by atoms with van der Waals surface area (Å²) in [6.45, 7) is -0.593. The van der Waals surface area contributed by atoms with Gasteiger partial charge in [0.25, 0.3) is 0 Å². The molecule has 0 N–H and O–H groups in total. The molecule has 0 fully saturated rings. The molecule has 46 heavy (non-hydrogen) atoms. The fourth-order valence-corrected chi connectivity index (χ4v) is 14.2. The summed E-state index contributed by atoms with van der Waals surface area (Å²) in [5.41, 5.74) is 8.04. The topological polar surface area (TPSA) is 17.3 Å². The Hall–Kier alpha value is -3.84. The Balaban J connectivity index is 1.54. The van der Waals surface area contributed by atoms with E-state index in [1.165, 1.54) is 6.07 Å². The van der Waals surface area contributed by atoms with Crippen LogP contribution >= 0.6 is 40.6 Å². The number of aromatic nitrogens is 1. The van der Waals surface area contributed by atoms with Crippen LogP contribution in [-0.2, 0) is 5.41 Å². The quantitative estimate of drug-likeness (QED) is 0.0956. The molecule has 9 heteroatoms. The molecule has 2 nitrogen and oxygen atoms in total. The van der Waals surface area contributed by atoms with E-state index in [1.54, 1.807) is 6.07 Å². The zero-order valence-electron chi connectivity index (χ0n) is 24.0. The molecular formula is C37H23BF4I2N2. The molecule has 0 aliphatic carbocycles. The van der Waals surface area contributed by atoms with Crippen LogP contribution in [0.4, 0.5) is 11.4 Å². The van der Waals surface area contributed by atoms with E-state index in [0.717, 1.165) is 55.2 Å². The Morgan fingerprint density at radius 2 is 1.24 bits per heavy atom. The molecular weight excluding hydrogens is 813 g/mol. The molecule has 0 atom stereocenters. The minimum atomic E-state index is -6.43. The van der Waals surface area contributed by atoms with Crippen LogP contribution in [-0.4, -0.2) is 11.3 Å². The van der Waals surface area contributed by atoms with Crippen molar-refractivity contribution < 1.29 is 11.4 Å². The first-order valence-electron chi connectivity index (χ1n) is 14.8. The van der Waals surface area contributed by atoms with Crippen molar-refractivity contribution in [1.29, 1.82) is 0 Å². The summed E-state index contributed by atoms with van der Waals surface area (Å²) < 4.78 is 64.8. The van der Waals surface area contributed by atoms with Crippen LogP contribution in [0.3, 0.4) is 0 Å². The maximum absolute atomic E-state index is 16.2. The second kappa shape index (κ2) is 10.3. The van der Waals surface area contributed by atoms with Crippen molar-refractivity contribution in [2.24, 2.45) is 1.36 Å². The van der Waals surface area contributed by atoms with E-state index in [4.69, 9.17) is 0 Å². The summed E-state index contributed by atoms with van der Waals surface area (Å²) >= 11 is -11.5. The molecule has 0 bridgehead atoms. The van der Waals surface area contributed by atoms with Gasteiger partial charge >= 0.3 is 279 Å². The van der Waals surface area contributed by atoms with Gasteiger partial charge in [0, 0.05) is 0 Å². The number of benzene rings is 6. The molecule has 2 aliphatic heterocycles. The van der Waals surface area contributed by atoms with E-state index in [0.29, 0.717) is 11.0 Å². The van der Waals surface area contributed by atoms with Gasteiger partial charge in [-0.3, -0.25) is 0 Å². The second-order valence-corrected chi connectivity index (χ2v) is 19.0. The average Bonchev–Trinajstić information content (AvgIpc) is 3.42. The van der Waals surface area contributed by atoms with Crippen LogP contribution in [0.1, 0.15) is 22.3 Å². The predicted octanol–water partition coefficient (Wildman–Crippen LogP) is 9.66. The van der Waals surface area contributed by atoms with Crippen molar-refractivity contribution in [2.45, 2.75) is 5.41 Å². The fraction of sp³-hybridized carbons (Fsp3) is 0.0270. The number of para-hydroxylation sites is 1. The van der Waals surface area contributed by atoms with E-state index in [2.05, 4.69) is 54.5 Å². The second-order valence-electron chi connectivity index (χ2n) is 11.6. The van der Waals surface area contributed by atoms with Crippen LogP contribution in [0.25, 0.3) is 27.5 Å². The molecule has 7 aromatic rings. The third-order valence-electron chi connectivity index (χ3n) is 9.59. The molecule has 0 saturated carbocycles. The van der Waals surface area contributed by atoms with Gasteiger partial charge in [0.05, 0.1) is 0 Å². The van der Waals surface area contributed by atoms with Crippen molar-refractivity contribution in [3.05, 3.63) is 165 Å². The van der Waals surface area contributed by atoms with E-state index < -0.39 is 52.8 Å². The van der Waals surface area contributed by atoms with Crippen LogP contribution < -0.4 is 16.4 Å². The number of hydrogen-bond donors (Lipinski definition) is 0. The summed E-state index contributed by atoms with van der Waals surface area (Å²) in [6, 6.07) is 46.0. The van der Waals surface area contributed by atoms with Crippen LogP contribution in [0.15, 0.2) is 141 Å². The molecule has 0 radical (unpaired) electrons. The summed E-state index contributed by atoms with van der Waals surface area (Å²) in [6.07, 6.45) is 0. The zero-order chi connectivity index (χ0) is 31.2. The number of hydrogen-bond acceptors (Lipinski definition) is 1. The van der Waals surface area contributed by atoms with Crippen LogP contribution in [0.2, 0.25) is 0 Å². The van der Waals surface area contributed by atoms with E-state index in [9.17, 15) is 5.72 Å². The first kappa shape index (κ1) is 28.4. The van der Waals surface area contributed by atoms with Gasteiger partial charge in [-0.1, -0.05) is 0 Å². The SMILES string of the molecule is FI(F)N=I(F)(F)c1ccc2c3ccccc3n3c2c1B1c2ccccc2C(c2ccccc2)(c2ccccc2)c2cccc-3c21. The van der Waals surface area contributed by atoms with Crippen molar-refractivity contribution >= 4 is 85.6 Å². The van der Waals surface area contributed by atoms with Crippen molar-refractivity contribution in [3.63, 3.8) is 0 Å². The van der Waals surface area contributed by atoms with Gasteiger partial charge in [-0.2, -0.15) is 0 Å². The van der Waals surface area contributed by atoms with Gasteiger partial charge in [0.15, 0.2) is 0 Å². The summed E-state index contributed by atoms with van der Waals surface area (Å²) in [4.78, 5) is 0. The third kappa shape index (κ3) is 3.75. The normalized spacial score (nSPS) is 15.0. The van der Waals surface area contributed by atoms with Gasteiger partial charge in [-0.05, 0) is 0 Å². The molecule has 1 aromatic heterocycles. The Morgan fingerprint density at radius 1 is 0.609 bits per heavy atom. The van der Waals surface area contributed by atoms with E-state index >= 15 is 5.72 Å². The zero-order valence-corrected chi connectivity index (χ0v) is 28.3. The van der Waals surface area contributed by atoms with Crippen LogP contribution in [0.5, 0.6) is 0 Å². The number of nitrogens with zero attached hydrogens (tertiary/aromatic N) is 2. The van der Waals surface area contributed by atoms with Crippen molar-refractivity contribution in [3.8, 4) is 5.69 Å². The Morgan fingerprint density at radius 3 is 1.96 bits per heavy atom. The van der Waals surface area contributed by atoms with Gasteiger partial charge < -0.3 is 0 Å². The van der Waals surface area contributed by atoms with Gasteiger partial charge in [0.2, 0.25) is 0 Å². The minimum absolute atomic E-state index is 0.284. The summed E-state index contributed by atoms with van der Waals surface area (Å²) in [5, 5.41) is 1.77. The molecule has 2 aliphatic rings. The molecule has 0 unspecified atom stereocenters. The molecule has 0 spiro atoms.